The number of unbranched alkanes of at least 4 members (excludes halogenated alkanes) is 1. The van der Waals surface area contributed by atoms with Gasteiger partial charge in [-0.05, 0) is 18.6 Å². The zero-order chi connectivity index (χ0) is 13.2. The molecule has 0 aliphatic carbocycles. The molecule has 0 radical (unpaired) electrons. The monoisotopic (exact) mass is 252 g/mol. The molecule has 0 heterocycles. The van der Waals surface area contributed by atoms with Gasteiger partial charge in [0.25, 0.3) is 0 Å². The molecule has 0 saturated carbocycles. The number of hydrogen-bond acceptors (Lipinski definition) is 4. The summed E-state index contributed by atoms with van der Waals surface area (Å²) in [5.41, 5.74) is 0.483. The van der Waals surface area contributed by atoms with Gasteiger partial charge in [-0.3, -0.25) is 4.79 Å². The van der Waals surface area contributed by atoms with Crippen LogP contribution in [0.3, 0.4) is 0 Å². The number of aldehydes is 1. The topological polar surface area (TPSA) is 55.8 Å². The third-order valence-corrected chi connectivity index (χ3v) is 2.43. The van der Waals surface area contributed by atoms with E-state index in [1.807, 2.05) is 0 Å². The van der Waals surface area contributed by atoms with Crippen LogP contribution in [0.15, 0.2) is 24.3 Å². The second-order valence-corrected chi connectivity index (χ2v) is 4.05. The normalized spacial score (nSPS) is 12.1. The van der Waals surface area contributed by atoms with Crippen LogP contribution in [0.5, 0.6) is 5.75 Å². The van der Waals surface area contributed by atoms with Crippen LogP contribution in [0, 0.1) is 0 Å². The molecule has 4 nitrogen and oxygen atoms in total. The Hall–Kier alpha value is -1.39. The maximum absolute atomic E-state index is 10.7. The summed E-state index contributed by atoms with van der Waals surface area (Å²) in [5.74, 6) is 0.486. The number of benzene rings is 1. The molecule has 1 unspecified atom stereocenters. The average Bonchev–Trinajstić information content (AvgIpc) is 2.41. The Balaban J connectivity index is 2.29. The predicted octanol–water partition coefficient (Wildman–Crippen LogP) is 2.06. The minimum atomic E-state index is -0.679. The maximum Gasteiger partial charge on any atom is 0.153 e. The SMILES string of the molecule is CCCCOCC(O)COc1ccccc1C=O. The molecule has 0 saturated heterocycles. The number of aliphatic hydroxyl groups is 1. The molecule has 100 valence electrons. The number of rotatable bonds is 9. The van der Waals surface area contributed by atoms with Gasteiger partial charge >= 0.3 is 0 Å². The highest BCUT2D eigenvalue weighted by Gasteiger charge is 2.07. The zero-order valence-electron chi connectivity index (χ0n) is 10.7. The molecule has 1 atom stereocenters. The van der Waals surface area contributed by atoms with E-state index in [9.17, 15) is 9.90 Å². The quantitative estimate of drug-likeness (QED) is 0.540. The van der Waals surface area contributed by atoms with Crippen molar-refractivity contribution >= 4 is 6.29 Å². The number of ether oxygens (including phenoxy) is 2. The first-order chi connectivity index (χ1) is 8.77. The van der Waals surface area contributed by atoms with Crippen molar-refractivity contribution in [3.05, 3.63) is 29.8 Å². The standard InChI is InChI=1S/C14H20O4/c1-2-3-8-17-10-13(16)11-18-14-7-5-4-6-12(14)9-15/h4-7,9,13,16H,2-3,8,10-11H2,1H3. The van der Waals surface area contributed by atoms with E-state index < -0.39 is 6.10 Å². The Morgan fingerprint density at radius 3 is 2.83 bits per heavy atom. The smallest absolute Gasteiger partial charge is 0.153 e. The van der Waals surface area contributed by atoms with Crippen LogP contribution in [0.1, 0.15) is 30.1 Å². The molecular formula is C14H20O4. The molecule has 0 amide bonds. The van der Waals surface area contributed by atoms with Crippen LogP contribution < -0.4 is 4.74 Å². The molecule has 18 heavy (non-hydrogen) atoms. The van der Waals surface area contributed by atoms with Gasteiger partial charge in [-0.25, -0.2) is 0 Å². The van der Waals surface area contributed by atoms with Gasteiger partial charge < -0.3 is 14.6 Å². The molecule has 0 aromatic heterocycles. The number of hydrogen-bond donors (Lipinski definition) is 1. The van der Waals surface area contributed by atoms with E-state index in [-0.39, 0.29) is 13.2 Å². The van der Waals surface area contributed by atoms with E-state index in [1.165, 1.54) is 0 Å². The Morgan fingerprint density at radius 1 is 1.33 bits per heavy atom. The average molecular weight is 252 g/mol. The van der Waals surface area contributed by atoms with Crippen molar-refractivity contribution in [2.75, 3.05) is 19.8 Å². The molecule has 0 aliphatic rings. The summed E-state index contributed by atoms with van der Waals surface area (Å²) in [6, 6.07) is 6.92. The minimum Gasteiger partial charge on any atom is -0.490 e. The van der Waals surface area contributed by atoms with Crippen molar-refractivity contribution in [1.29, 1.82) is 0 Å². The van der Waals surface area contributed by atoms with Crippen molar-refractivity contribution in [1.82, 2.24) is 0 Å². The summed E-state index contributed by atoms with van der Waals surface area (Å²) in [6.45, 7) is 3.11. The lowest BCUT2D eigenvalue weighted by molar-refractivity contribution is 0.0112. The third-order valence-electron chi connectivity index (χ3n) is 2.43. The highest BCUT2D eigenvalue weighted by molar-refractivity contribution is 5.79. The van der Waals surface area contributed by atoms with Gasteiger partial charge in [0.05, 0.1) is 12.2 Å². The van der Waals surface area contributed by atoms with E-state index in [0.29, 0.717) is 17.9 Å². The fraction of sp³-hybridized carbons (Fsp3) is 0.500. The third kappa shape index (κ3) is 5.29. The van der Waals surface area contributed by atoms with Crippen molar-refractivity contribution in [2.45, 2.75) is 25.9 Å². The second kappa shape index (κ2) is 8.66. The summed E-state index contributed by atoms with van der Waals surface area (Å²) < 4.78 is 10.7. The highest BCUT2D eigenvalue weighted by Crippen LogP contribution is 2.15. The zero-order valence-corrected chi connectivity index (χ0v) is 10.7. The molecule has 1 aromatic rings. The molecule has 0 spiro atoms. The van der Waals surface area contributed by atoms with E-state index >= 15 is 0 Å². The van der Waals surface area contributed by atoms with Crippen LogP contribution in [0.2, 0.25) is 0 Å². The lowest BCUT2D eigenvalue weighted by Crippen LogP contribution is -2.24. The van der Waals surface area contributed by atoms with Gasteiger partial charge in [-0.1, -0.05) is 25.5 Å². The van der Waals surface area contributed by atoms with Crippen molar-refractivity contribution in [2.24, 2.45) is 0 Å². The Labute approximate surface area is 108 Å². The van der Waals surface area contributed by atoms with Crippen molar-refractivity contribution < 1.29 is 19.4 Å². The van der Waals surface area contributed by atoms with Gasteiger partial charge in [0, 0.05) is 6.61 Å². The molecule has 1 rings (SSSR count). The van der Waals surface area contributed by atoms with Crippen LogP contribution in [0.4, 0.5) is 0 Å². The lowest BCUT2D eigenvalue weighted by Gasteiger charge is -2.13. The first-order valence-corrected chi connectivity index (χ1v) is 6.20. The fourth-order valence-electron chi connectivity index (χ4n) is 1.41. The van der Waals surface area contributed by atoms with Crippen LogP contribution in [-0.2, 0) is 4.74 Å². The van der Waals surface area contributed by atoms with E-state index in [4.69, 9.17) is 9.47 Å². The summed E-state index contributed by atoms with van der Waals surface area (Å²) in [7, 11) is 0. The Morgan fingerprint density at radius 2 is 2.11 bits per heavy atom. The van der Waals surface area contributed by atoms with Gasteiger partial charge in [-0.15, -0.1) is 0 Å². The van der Waals surface area contributed by atoms with Crippen molar-refractivity contribution in [3.8, 4) is 5.75 Å². The highest BCUT2D eigenvalue weighted by atomic mass is 16.5. The van der Waals surface area contributed by atoms with Crippen LogP contribution >= 0.6 is 0 Å². The number of carbonyl (C=O) groups is 1. The number of aliphatic hydroxyl groups excluding tert-OH is 1. The molecular weight excluding hydrogens is 232 g/mol. The van der Waals surface area contributed by atoms with Gasteiger partial charge in [0.1, 0.15) is 18.5 Å². The van der Waals surface area contributed by atoms with Gasteiger partial charge in [0.15, 0.2) is 6.29 Å². The largest absolute Gasteiger partial charge is 0.490 e. The van der Waals surface area contributed by atoms with E-state index in [2.05, 4.69) is 6.92 Å². The number of carbonyl (C=O) groups excluding carboxylic acids is 1. The summed E-state index contributed by atoms with van der Waals surface area (Å²) in [4.78, 5) is 10.7. The van der Waals surface area contributed by atoms with Crippen LogP contribution in [-0.4, -0.2) is 37.3 Å². The maximum atomic E-state index is 10.7. The Bertz CT molecular complexity index is 351. The first kappa shape index (κ1) is 14.7. The fourth-order valence-corrected chi connectivity index (χ4v) is 1.41. The van der Waals surface area contributed by atoms with Crippen molar-refractivity contribution in [3.63, 3.8) is 0 Å². The molecule has 1 aromatic carbocycles. The predicted molar refractivity (Wildman–Crippen MR) is 69.1 cm³/mol. The molecule has 1 N–H and O–H groups in total. The molecule has 0 bridgehead atoms. The molecule has 0 fully saturated rings. The van der Waals surface area contributed by atoms with Gasteiger partial charge in [0.2, 0.25) is 0 Å². The van der Waals surface area contributed by atoms with Gasteiger partial charge in [-0.2, -0.15) is 0 Å². The molecule has 0 aliphatic heterocycles. The van der Waals surface area contributed by atoms with E-state index in [1.54, 1.807) is 24.3 Å². The second-order valence-electron chi connectivity index (χ2n) is 4.05. The summed E-state index contributed by atoms with van der Waals surface area (Å²) in [6.07, 6.45) is 2.11. The minimum absolute atomic E-state index is 0.122. The Kier molecular flexibility index (Phi) is 7.06. The summed E-state index contributed by atoms with van der Waals surface area (Å²) in [5, 5.41) is 9.64. The number of para-hydroxylation sites is 1. The van der Waals surface area contributed by atoms with Crippen LogP contribution in [0.25, 0.3) is 0 Å². The summed E-state index contributed by atoms with van der Waals surface area (Å²) >= 11 is 0. The lowest BCUT2D eigenvalue weighted by atomic mass is 10.2. The van der Waals surface area contributed by atoms with E-state index in [0.717, 1.165) is 19.1 Å². The first-order valence-electron chi connectivity index (χ1n) is 6.20. The molecule has 4 heteroatoms.